The zero-order chi connectivity index (χ0) is 31.2. The maximum atomic E-state index is 14.5. The number of hydrogen-bond donors (Lipinski definition) is 1. The third-order valence-electron chi connectivity index (χ3n) is 8.54. The summed E-state index contributed by atoms with van der Waals surface area (Å²) in [5.41, 5.74) is 3.97. The number of carbonyl (C=O) groups is 1. The molecule has 0 atom stereocenters. The lowest BCUT2D eigenvalue weighted by Crippen LogP contribution is -2.27. The smallest absolute Gasteiger partial charge is 0.270 e. The number of nitrogens with zero attached hydrogens (tertiary/aromatic N) is 2. The largest absolute Gasteiger partial charge is 0.493 e. The van der Waals surface area contributed by atoms with E-state index in [4.69, 9.17) is 4.74 Å². The van der Waals surface area contributed by atoms with Crippen LogP contribution in [0.5, 0.6) is 5.75 Å². The fourth-order valence-corrected chi connectivity index (χ4v) is 4.82. The van der Waals surface area contributed by atoms with Crippen LogP contribution in [0, 0.1) is 11.6 Å². The highest BCUT2D eigenvalue weighted by Gasteiger charge is 2.26. The van der Waals surface area contributed by atoms with E-state index in [0.717, 1.165) is 25.0 Å². The summed E-state index contributed by atoms with van der Waals surface area (Å²) in [5.74, 6) is -0.270. The molecule has 0 aliphatic heterocycles. The van der Waals surface area contributed by atoms with Gasteiger partial charge in [0.2, 0.25) is 0 Å². The SMILES string of the molecule is CCC(C)(C)c1ccc(OCCCCNC(=O)c2cc(-c3ccccc3F)nn2-c2ccc(F)cc2)c(C(C)(C)CC)c1. The average Bonchev–Trinajstić information content (AvgIpc) is 3.44. The lowest BCUT2D eigenvalue weighted by Gasteiger charge is -2.30. The highest BCUT2D eigenvalue weighted by Crippen LogP contribution is 2.38. The van der Waals surface area contributed by atoms with Gasteiger partial charge in [-0.05, 0) is 90.6 Å². The summed E-state index contributed by atoms with van der Waals surface area (Å²) in [7, 11) is 0. The molecule has 3 aromatic carbocycles. The van der Waals surface area contributed by atoms with Crippen LogP contribution >= 0.6 is 0 Å². The molecular formula is C36H43F2N3O2. The van der Waals surface area contributed by atoms with Crippen molar-refractivity contribution in [2.75, 3.05) is 13.2 Å². The monoisotopic (exact) mass is 587 g/mol. The van der Waals surface area contributed by atoms with Crippen LogP contribution in [0.3, 0.4) is 0 Å². The number of aromatic nitrogens is 2. The number of hydrogen-bond acceptors (Lipinski definition) is 3. The summed E-state index contributed by atoms with van der Waals surface area (Å²) in [5, 5.41) is 7.44. The van der Waals surface area contributed by atoms with Crippen molar-refractivity contribution in [2.45, 2.75) is 78.1 Å². The second-order valence-corrected chi connectivity index (χ2v) is 12.3. The quantitative estimate of drug-likeness (QED) is 0.159. The van der Waals surface area contributed by atoms with Crippen molar-refractivity contribution in [3.05, 3.63) is 101 Å². The van der Waals surface area contributed by atoms with Gasteiger partial charge >= 0.3 is 0 Å². The van der Waals surface area contributed by atoms with Crippen molar-refractivity contribution in [1.82, 2.24) is 15.1 Å². The Hall–Kier alpha value is -4.00. The Morgan fingerprint density at radius 3 is 2.26 bits per heavy atom. The number of nitrogens with one attached hydrogen (secondary N) is 1. The van der Waals surface area contributed by atoms with Crippen LogP contribution < -0.4 is 10.1 Å². The highest BCUT2D eigenvalue weighted by molar-refractivity contribution is 5.94. The van der Waals surface area contributed by atoms with E-state index in [2.05, 4.69) is 70.2 Å². The van der Waals surface area contributed by atoms with Crippen LogP contribution in [0.2, 0.25) is 0 Å². The lowest BCUT2D eigenvalue weighted by molar-refractivity contribution is 0.0944. The van der Waals surface area contributed by atoms with Crippen LogP contribution in [0.15, 0.2) is 72.8 Å². The zero-order valence-corrected chi connectivity index (χ0v) is 26.1. The molecular weight excluding hydrogens is 544 g/mol. The first-order chi connectivity index (χ1) is 20.5. The van der Waals surface area contributed by atoms with Gasteiger partial charge in [-0.3, -0.25) is 4.79 Å². The molecule has 0 saturated carbocycles. The third-order valence-corrected chi connectivity index (χ3v) is 8.54. The van der Waals surface area contributed by atoms with E-state index in [1.807, 2.05) is 0 Å². The number of carbonyl (C=O) groups excluding carboxylic acids is 1. The maximum Gasteiger partial charge on any atom is 0.270 e. The molecule has 4 rings (SSSR count). The average molecular weight is 588 g/mol. The summed E-state index contributed by atoms with van der Waals surface area (Å²) < 4.78 is 35.8. The Balaban J connectivity index is 1.41. The predicted octanol–water partition coefficient (Wildman–Crippen LogP) is 8.78. The molecule has 43 heavy (non-hydrogen) atoms. The number of unbranched alkanes of at least 4 members (excludes halogenated alkanes) is 1. The van der Waals surface area contributed by atoms with Gasteiger partial charge in [-0.25, -0.2) is 13.5 Å². The first kappa shape index (κ1) is 31.9. The highest BCUT2D eigenvalue weighted by atomic mass is 19.1. The fraction of sp³-hybridized carbons (Fsp3) is 0.389. The van der Waals surface area contributed by atoms with Crippen LogP contribution in [-0.2, 0) is 10.8 Å². The van der Waals surface area contributed by atoms with Crippen molar-refractivity contribution in [2.24, 2.45) is 0 Å². The molecule has 1 aromatic heterocycles. The molecule has 228 valence electrons. The third kappa shape index (κ3) is 7.51. The van der Waals surface area contributed by atoms with Crippen molar-refractivity contribution in [3.8, 4) is 22.7 Å². The summed E-state index contributed by atoms with van der Waals surface area (Å²) >= 11 is 0. The molecule has 5 nitrogen and oxygen atoms in total. The summed E-state index contributed by atoms with van der Waals surface area (Å²) in [4.78, 5) is 13.2. The number of ether oxygens (including phenoxy) is 1. The summed E-state index contributed by atoms with van der Waals surface area (Å²) in [6, 6.07) is 20.1. The van der Waals surface area contributed by atoms with E-state index in [1.165, 1.54) is 46.1 Å². The molecule has 0 radical (unpaired) electrons. The van der Waals surface area contributed by atoms with Gasteiger partial charge in [0.1, 0.15) is 23.1 Å². The van der Waals surface area contributed by atoms with Gasteiger partial charge in [-0.1, -0.05) is 65.8 Å². The Morgan fingerprint density at radius 1 is 0.884 bits per heavy atom. The fourth-order valence-electron chi connectivity index (χ4n) is 4.82. The lowest BCUT2D eigenvalue weighted by atomic mass is 9.76. The van der Waals surface area contributed by atoms with Gasteiger partial charge in [0.15, 0.2) is 0 Å². The van der Waals surface area contributed by atoms with E-state index >= 15 is 0 Å². The number of benzene rings is 3. The van der Waals surface area contributed by atoms with Gasteiger partial charge in [-0.2, -0.15) is 5.10 Å². The Kier molecular flexibility index (Phi) is 10.0. The number of rotatable bonds is 13. The Labute approximate surface area is 254 Å². The van der Waals surface area contributed by atoms with Crippen molar-refractivity contribution >= 4 is 5.91 Å². The molecule has 1 N–H and O–H groups in total. The normalized spacial score (nSPS) is 11.9. The molecule has 4 aromatic rings. The van der Waals surface area contributed by atoms with Crippen LogP contribution in [0.1, 0.15) is 88.8 Å². The van der Waals surface area contributed by atoms with Crippen molar-refractivity contribution in [3.63, 3.8) is 0 Å². The molecule has 1 amide bonds. The molecule has 0 bridgehead atoms. The van der Waals surface area contributed by atoms with Gasteiger partial charge in [-0.15, -0.1) is 0 Å². The van der Waals surface area contributed by atoms with Crippen LogP contribution in [0.25, 0.3) is 16.9 Å². The van der Waals surface area contributed by atoms with E-state index in [1.54, 1.807) is 24.3 Å². The van der Waals surface area contributed by atoms with Gasteiger partial charge < -0.3 is 10.1 Å². The van der Waals surface area contributed by atoms with Crippen molar-refractivity contribution in [1.29, 1.82) is 0 Å². The van der Waals surface area contributed by atoms with Gasteiger partial charge in [0.25, 0.3) is 5.91 Å². The molecule has 0 spiro atoms. The molecule has 0 fully saturated rings. The van der Waals surface area contributed by atoms with E-state index < -0.39 is 11.6 Å². The minimum atomic E-state index is -0.438. The van der Waals surface area contributed by atoms with Crippen LogP contribution in [-0.4, -0.2) is 28.8 Å². The topological polar surface area (TPSA) is 56.1 Å². The number of amides is 1. The van der Waals surface area contributed by atoms with Crippen LogP contribution in [0.4, 0.5) is 8.78 Å². The van der Waals surface area contributed by atoms with Gasteiger partial charge in [0.05, 0.1) is 18.0 Å². The molecule has 0 saturated heterocycles. The second kappa shape index (κ2) is 13.5. The summed E-state index contributed by atoms with van der Waals surface area (Å²) in [6.07, 6.45) is 3.52. The molecule has 1 heterocycles. The molecule has 0 aliphatic rings. The zero-order valence-electron chi connectivity index (χ0n) is 26.1. The van der Waals surface area contributed by atoms with E-state index in [-0.39, 0.29) is 28.0 Å². The minimum absolute atomic E-state index is 0.0157. The van der Waals surface area contributed by atoms with Gasteiger partial charge in [0, 0.05) is 17.7 Å². The Morgan fingerprint density at radius 2 is 1.58 bits per heavy atom. The molecule has 7 heteroatoms. The number of halogens is 2. The van der Waals surface area contributed by atoms with Crippen molar-refractivity contribution < 1.29 is 18.3 Å². The minimum Gasteiger partial charge on any atom is -0.493 e. The predicted molar refractivity (Wildman–Crippen MR) is 169 cm³/mol. The molecule has 0 aliphatic carbocycles. The standard InChI is InChI=1S/C36H43F2N3O2/c1-7-35(3,4)25-15-20-33(29(23-25)36(5,6)8-2)43-22-12-11-21-39-34(42)32-24-31(28-13-9-10-14-30(28)38)40-41(32)27-18-16-26(37)17-19-27/h9-10,13-20,23-24H,7-8,11-12,21-22H2,1-6H3,(H,39,42). The second-order valence-electron chi connectivity index (χ2n) is 12.3. The van der Waals surface area contributed by atoms with E-state index in [0.29, 0.717) is 31.0 Å². The first-order valence-electron chi connectivity index (χ1n) is 15.1. The summed E-state index contributed by atoms with van der Waals surface area (Å²) in [6.45, 7) is 14.4. The maximum absolute atomic E-state index is 14.5. The Bertz CT molecular complexity index is 1540. The molecule has 0 unspecified atom stereocenters. The first-order valence-corrected chi connectivity index (χ1v) is 15.1. The van der Waals surface area contributed by atoms with E-state index in [9.17, 15) is 13.6 Å².